The summed E-state index contributed by atoms with van der Waals surface area (Å²) in [7, 11) is 0. The van der Waals surface area contributed by atoms with Crippen LogP contribution in [0.3, 0.4) is 0 Å². The maximum Gasteiger partial charge on any atom is 0.0964 e. The highest BCUT2D eigenvalue weighted by molar-refractivity contribution is 7.98. The monoisotopic (exact) mass is 258 g/mol. The summed E-state index contributed by atoms with van der Waals surface area (Å²) in [5, 5.41) is 1.02. The first-order valence-electron chi connectivity index (χ1n) is 5.97. The molecule has 94 valence electrons. The molecule has 0 fully saturated rings. The van der Waals surface area contributed by atoms with Crippen LogP contribution in [-0.4, -0.2) is 4.98 Å². The molecule has 2 rings (SSSR count). The first kappa shape index (κ1) is 13.0. The number of hydrogen-bond acceptors (Lipinski definition) is 3. The molecule has 2 nitrogen and oxygen atoms in total. The first-order valence-corrected chi connectivity index (χ1v) is 6.96. The van der Waals surface area contributed by atoms with Crippen LogP contribution in [0.25, 0.3) is 0 Å². The Balaban J connectivity index is 2.13. The zero-order chi connectivity index (χ0) is 13.1. The summed E-state index contributed by atoms with van der Waals surface area (Å²) in [4.78, 5) is 4.31. The van der Waals surface area contributed by atoms with Gasteiger partial charge in [0.05, 0.1) is 16.9 Å². The van der Waals surface area contributed by atoms with Gasteiger partial charge in [-0.25, -0.2) is 4.98 Å². The van der Waals surface area contributed by atoms with Gasteiger partial charge in [0.25, 0.3) is 0 Å². The predicted octanol–water partition coefficient (Wildman–Crippen LogP) is 3.88. The van der Waals surface area contributed by atoms with Crippen LogP contribution < -0.4 is 5.73 Å². The first-order chi connectivity index (χ1) is 8.56. The molecule has 2 aromatic rings. The van der Waals surface area contributed by atoms with E-state index in [1.165, 1.54) is 22.3 Å². The third kappa shape index (κ3) is 3.05. The van der Waals surface area contributed by atoms with Gasteiger partial charge >= 0.3 is 0 Å². The smallest absolute Gasteiger partial charge is 0.0964 e. The van der Waals surface area contributed by atoms with Crippen LogP contribution in [0.15, 0.2) is 35.5 Å². The molecule has 1 aromatic carbocycles. The molecule has 0 aliphatic rings. The van der Waals surface area contributed by atoms with Crippen molar-refractivity contribution in [2.24, 2.45) is 0 Å². The van der Waals surface area contributed by atoms with Gasteiger partial charge in [-0.2, -0.15) is 0 Å². The standard InChI is InChI=1S/C15H18N2S/c1-10-6-11(2)14(12(3)7-10)9-18-15-5-4-13(16)8-17-15/h4-8H,9,16H2,1-3H3. The van der Waals surface area contributed by atoms with Crippen LogP contribution in [0.4, 0.5) is 5.69 Å². The predicted molar refractivity (Wildman–Crippen MR) is 78.9 cm³/mol. The molecule has 3 heteroatoms. The van der Waals surface area contributed by atoms with E-state index >= 15 is 0 Å². The summed E-state index contributed by atoms with van der Waals surface area (Å²) in [6.45, 7) is 6.48. The normalized spacial score (nSPS) is 10.6. The second kappa shape index (κ2) is 5.44. The van der Waals surface area contributed by atoms with E-state index in [-0.39, 0.29) is 0 Å². The molecule has 18 heavy (non-hydrogen) atoms. The van der Waals surface area contributed by atoms with Gasteiger partial charge in [-0.3, -0.25) is 0 Å². The van der Waals surface area contributed by atoms with E-state index in [0.29, 0.717) is 5.69 Å². The van der Waals surface area contributed by atoms with E-state index in [0.717, 1.165) is 10.8 Å². The van der Waals surface area contributed by atoms with Gasteiger partial charge in [-0.05, 0) is 49.6 Å². The lowest BCUT2D eigenvalue weighted by Gasteiger charge is -2.10. The van der Waals surface area contributed by atoms with Crippen molar-refractivity contribution in [2.45, 2.75) is 31.6 Å². The Labute approximate surface area is 113 Å². The van der Waals surface area contributed by atoms with Crippen molar-refractivity contribution in [3.8, 4) is 0 Å². The SMILES string of the molecule is Cc1cc(C)c(CSc2ccc(N)cn2)c(C)c1. The Morgan fingerprint density at radius 2 is 1.78 bits per heavy atom. The van der Waals surface area contributed by atoms with E-state index in [4.69, 9.17) is 5.73 Å². The quantitative estimate of drug-likeness (QED) is 0.849. The molecular weight excluding hydrogens is 240 g/mol. The molecule has 0 saturated heterocycles. The molecule has 0 aliphatic heterocycles. The van der Waals surface area contributed by atoms with Crippen LogP contribution >= 0.6 is 11.8 Å². The van der Waals surface area contributed by atoms with Crippen molar-refractivity contribution < 1.29 is 0 Å². The number of anilines is 1. The molecule has 1 aromatic heterocycles. The molecule has 0 atom stereocenters. The van der Waals surface area contributed by atoms with E-state index < -0.39 is 0 Å². The molecule has 0 spiro atoms. The fourth-order valence-corrected chi connectivity index (χ4v) is 3.10. The van der Waals surface area contributed by atoms with E-state index in [9.17, 15) is 0 Å². The molecule has 1 heterocycles. The molecular formula is C15H18N2S. The second-order valence-corrected chi connectivity index (χ2v) is 5.59. The number of nitrogen functional groups attached to an aromatic ring is 1. The number of rotatable bonds is 3. The molecule has 0 unspecified atom stereocenters. The lowest BCUT2D eigenvalue weighted by Crippen LogP contribution is -1.94. The number of benzene rings is 1. The van der Waals surface area contributed by atoms with E-state index in [1.54, 1.807) is 18.0 Å². The van der Waals surface area contributed by atoms with Gasteiger partial charge in [-0.1, -0.05) is 17.7 Å². The largest absolute Gasteiger partial charge is 0.397 e. The minimum Gasteiger partial charge on any atom is -0.397 e. The summed E-state index contributed by atoms with van der Waals surface area (Å²) < 4.78 is 0. The number of aryl methyl sites for hydroxylation is 3. The Kier molecular flexibility index (Phi) is 3.92. The summed E-state index contributed by atoms with van der Waals surface area (Å²) in [5.74, 6) is 0.953. The fourth-order valence-electron chi connectivity index (χ4n) is 2.06. The summed E-state index contributed by atoms with van der Waals surface area (Å²) in [6.07, 6.45) is 1.71. The Morgan fingerprint density at radius 1 is 1.11 bits per heavy atom. The average molecular weight is 258 g/mol. The fraction of sp³-hybridized carbons (Fsp3) is 0.267. The number of nitrogens with zero attached hydrogens (tertiary/aromatic N) is 1. The molecule has 0 amide bonds. The lowest BCUT2D eigenvalue weighted by molar-refractivity contribution is 1.13. The number of aromatic nitrogens is 1. The molecule has 0 radical (unpaired) electrons. The van der Waals surface area contributed by atoms with Crippen LogP contribution in [0, 0.1) is 20.8 Å². The summed E-state index contributed by atoms with van der Waals surface area (Å²) in [6, 6.07) is 8.33. The number of nitrogens with two attached hydrogens (primary N) is 1. The van der Waals surface area contributed by atoms with Crippen molar-refractivity contribution in [1.29, 1.82) is 0 Å². The second-order valence-electron chi connectivity index (χ2n) is 4.60. The minimum atomic E-state index is 0.710. The molecule has 0 bridgehead atoms. The van der Waals surface area contributed by atoms with E-state index in [2.05, 4.69) is 37.9 Å². The van der Waals surface area contributed by atoms with Crippen LogP contribution in [0.5, 0.6) is 0 Å². The van der Waals surface area contributed by atoms with Crippen molar-refractivity contribution in [1.82, 2.24) is 4.98 Å². The van der Waals surface area contributed by atoms with Gasteiger partial charge in [0.15, 0.2) is 0 Å². The van der Waals surface area contributed by atoms with Gasteiger partial charge in [0.2, 0.25) is 0 Å². The topological polar surface area (TPSA) is 38.9 Å². The maximum absolute atomic E-state index is 5.63. The number of hydrogen-bond donors (Lipinski definition) is 1. The Hall–Kier alpha value is -1.48. The number of thioether (sulfide) groups is 1. The minimum absolute atomic E-state index is 0.710. The Morgan fingerprint density at radius 3 is 2.33 bits per heavy atom. The lowest BCUT2D eigenvalue weighted by atomic mass is 10.0. The Bertz CT molecular complexity index is 524. The number of pyridine rings is 1. The summed E-state index contributed by atoms with van der Waals surface area (Å²) >= 11 is 1.75. The van der Waals surface area contributed by atoms with Gasteiger partial charge < -0.3 is 5.73 Å². The third-order valence-corrected chi connectivity index (χ3v) is 3.93. The zero-order valence-electron chi connectivity index (χ0n) is 11.0. The summed E-state index contributed by atoms with van der Waals surface area (Å²) in [5.41, 5.74) is 11.8. The van der Waals surface area contributed by atoms with Gasteiger partial charge in [0.1, 0.15) is 0 Å². The highest BCUT2D eigenvalue weighted by Crippen LogP contribution is 2.26. The van der Waals surface area contributed by atoms with Gasteiger partial charge in [0, 0.05) is 5.75 Å². The van der Waals surface area contributed by atoms with E-state index in [1.807, 2.05) is 12.1 Å². The molecule has 2 N–H and O–H groups in total. The van der Waals surface area contributed by atoms with Crippen LogP contribution in [-0.2, 0) is 5.75 Å². The highest BCUT2D eigenvalue weighted by atomic mass is 32.2. The molecule has 0 saturated carbocycles. The maximum atomic E-state index is 5.63. The van der Waals surface area contributed by atoms with Crippen molar-refractivity contribution in [3.63, 3.8) is 0 Å². The average Bonchev–Trinajstić information content (AvgIpc) is 2.30. The van der Waals surface area contributed by atoms with Crippen molar-refractivity contribution in [3.05, 3.63) is 52.7 Å². The van der Waals surface area contributed by atoms with Crippen molar-refractivity contribution in [2.75, 3.05) is 5.73 Å². The zero-order valence-corrected chi connectivity index (χ0v) is 11.8. The van der Waals surface area contributed by atoms with Crippen molar-refractivity contribution >= 4 is 17.4 Å². The third-order valence-electron chi connectivity index (χ3n) is 2.96. The van der Waals surface area contributed by atoms with Gasteiger partial charge in [-0.15, -0.1) is 11.8 Å². The van der Waals surface area contributed by atoms with Crippen LogP contribution in [0.2, 0.25) is 0 Å². The van der Waals surface area contributed by atoms with Crippen LogP contribution in [0.1, 0.15) is 22.3 Å². The highest BCUT2D eigenvalue weighted by Gasteiger charge is 2.05. The molecule has 0 aliphatic carbocycles.